The first-order valence-electron chi connectivity index (χ1n) is 22.2. The van der Waals surface area contributed by atoms with Crippen LogP contribution in [0.4, 0.5) is 0 Å². The molecule has 1 aromatic carbocycles. The third kappa shape index (κ3) is 16.9. The molecule has 0 saturated heterocycles. The highest BCUT2D eigenvalue weighted by molar-refractivity contribution is 5.96. The van der Waals surface area contributed by atoms with E-state index in [4.69, 9.17) is 15.2 Å². The molecular formula is C47H74N6O10. The van der Waals surface area contributed by atoms with E-state index >= 15 is 0 Å². The van der Waals surface area contributed by atoms with Gasteiger partial charge in [-0.15, -0.1) is 0 Å². The van der Waals surface area contributed by atoms with Crippen LogP contribution in [0.15, 0.2) is 53.6 Å². The zero-order valence-corrected chi connectivity index (χ0v) is 39.3. The Labute approximate surface area is 374 Å². The average molecular weight is 883 g/mol. The topological polar surface area (TPSA) is 227 Å². The molecule has 9 atom stereocenters. The summed E-state index contributed by atoms with van der Waals surface area (Å²) >= 11 is 0. The molecule has 2 unspecified atom stereocenters. The normalized spacial score (nSPS) is 27.7. The Morgan fingerprint density at radius 1 is 0.937 bits per heavy atom. The molecule has 63 heavy (non-hydrogen) atoms. The Morgan fingerprint density at radius 3 is 2.17 bits per heavy atom. The molecule has 0 spiro atoms. The molecule has 0 saturated carbocycles. The Morgan fingerprint density at radius 2 is 1.59 bits per heavy atom. The van der Waals surface area contributed by atoms with Crippen LogP contribution < -0.4 is 21.7 Å². The van der Waals surface area contributed by atoms with Crippen molar-refractivity contribution in [1.82, 2.24) is 25.8 Å². The minimum Gasteiger partial charge on any atom is -0.456 e. The summed E-state index contributed by atoms with van der Waals surface area (Å²) in [5, 5.41) is 19.6. The number of hydrogen-bond donors (Lipinski definition) is 5. The Kier molecular flexibility index (Phi) is 22.7. The van der Waals surface area contributed by atoms with Crippen LogP contribution in [0.25, 0.3) is 0 Å². The van der Waals surface area contributed by atoms with Crippen molar-refractivity contribution in [3.8, 4) is 0 Å². The van der Waals surface area contributed by atoms with Crippen molar-refractivity contribution in [3.05, 3.63) is 59.2 Å². The summed E-state index contributed by atoms with van der Waals surface area (Å²) < 4.78 is 11.8. The van der Waals surface area contributed by atoms with Gasteiger partial charge in [0, 0.05) is 32.0 Å². The molecule has 1 heterocycles. The number of amides is 5. The second-order valence-electron chi connectivity index (χ2n) is 17.3. The van der Waals surface area contributed by atoms with Crippen molar-refractivity contribution < 1.29 is 48.1 Å². The second kappa shape index (κ2) is 26.5. The van der Waals surface area contributed by atoms with Crippen molar-refractivity contribution in [3.63, 3.8) is 0 Å². The lowest BCUT2D eigenvalue weighted by atomic mass is 9.90. The van der Waals surface area contributed by atoms with Gasteiger partial charge in [-0.2, -0.15) is 0 Å². The van der Waals surface area contributed by atoms with Gasteiger partial charge in [-0.25, -0.2) is 9.59 Å². The summed E-state index contributed by atoms with van der Waals surface area (Å²) in [4.78, 5) is 99.5. The van der Waals surface area contributed by atoms with Crippen molar-refractivity contribution in [1.29, 1.82) is 0 Å². The van der Waals surface area contributed by atoms with Crippen molar-refractivity contribution in [2.45, 2.75) is 150 Å². The zero-order valence-electron chi connectivity index (χ0n) is 39.3. The maximum absolute atomic E-state index is 14.2. The van der Waals surface area contributed by atoms with E-state index < -0.39 is 102 Å². The minimum atomic E-state index is -1.27. The van der Waals surface area contributed by atoms with Gasteiger partial charge in [-0.1, -0.05) is 83.5 Å². The smallest absolute Gasteiger partial charge is 0.334 e. The first-order chi connectivity index (χ1) is 29.7. The summed E-state index contributed by atoms with van der Waals surface area (Å²) in [6.45, 7) is 15.4. The highest BCUT2D eigenvalue weighted by Gasteiger charge is 2.37. The molecule has 1 aliphatic heterocycles. The van der Waals surface area contributed by atoms with Gasteiger partial charge in [0.1, 0.15) is 30.3 Å². The van der Waals surface area contributed by atoms with Gasteiger partial charge < -0.3 is 46.1 Å². The summed E-state index contributed by atoms with van der Waals surface area (Å²) in [5.74, 6) is -5.86. The molecular weight excluding hydrogens is 809 g/mol. The summed E-state index contributed by atoms with van der Waals surface area (Å²) in [7, 11) is 2.86. The molecule has 2 rings (SSSR count). The van der Waals surface area contributed by atoms with Crippen molar-refractivity contribution >= 4 is 41.5 Å². The van der Waals surface area contributed by atoms with Crippen LogP contribution in [-0.4, -0.2) is 126 Å². The summed E-state index contributed by atoms with van der Waals surface area (Å²) in [6, 6.07) is 4.52. The van der Waals surface area contributed by atoms with Crippen LogP contribution in [0.2, 0.25) is 0 Å². The number of carbonyl (C=O) groups is 7. The molecule has 1 aliphatic rings. The minimum absolute atomic E-state index is 0.0307. The van der Waals surface area contributed by atoms with Gasteiger partial charge in [0.15, 0.2) is 6.10 Å². The number of allylic oxidation sites excluding steroid dienone is 1. The van der Waals surface area contributed by atoms with Crippen LogP contribution in [0, 0.1) is 17.8 Å². The van der Waals surface area contributed by atoms with Gasteiger partial charge in [0.05, 0.1) is 12.6 Å². The first kappa shape index (κ1) is 54.0. The monoisotopic (exact) mass is 883 g/mol. The maximum atomic E-state index is 14.2. The fraction of sp³-hybridized carbons (Fsp3) is 0.638. The van der Waals surface area contributed by atoms with Crippen molar-refractivity contribution in [2.75, 3.05) is 27.2 Å². The third-order valence-corrected chi connectivity index (χ3v) is 11.7. The van der Waals surface area contributed by atoms with Crippen LogP contribution in [0.3, 0.4) is 0 Å². The molecule has 0 aromatic heterocycles. The van der Waals surface area contributed by atoms with E-state index in [1.165, 1.54) is 43.8 Å². The number of nitrogens with one attached hydrogen (secondary N) is 3. The lowest BCUT2D eigenvalue weighted by Gasteiger charge is -2.33. The average Bonchev–Trinajstić information content (AvgIpc) is 3.25. The number of hydrogen-bond acceptors (Lipinski definition) is 11. The van der Waals surface area contributed by atoms with E-state index in [0.29, 0.717) is 31.4 Å². The molecule has 352 valence electrons. The Balaban J connectivity index is 2.69. The predicted octanol–water partition coefficient (Wildman–Crippen LogP) is 3.35. The molecule has 0 radical (unpaired) electrons. The molecule has 6 N–H and O–H groups in total. The van der Waals surface area contributed by atoms with E-state index in [1.807, 2.05) is 26.8 Å². The number of rotatable bonds is 11. The molecule has 1 aromatic rings. The number of unbranched alkanes of at least 4 members (excludes halogenated alkanes) is 1. The number of carbonyl (C=O) groups excluding carboxylic acids is 7. The number of benzene rings is 1. The van der Waals surface area contributed by atoms with Crippen LogP contribution in [-0.2, 0) is 49.5 Å². The molecule has 0 fully saturated rings. The SMILES string of the molecule is C/C=C(\C)[C@H]1OC(=O)[C@@H](CCCCN)NC(=O)C(C(C)CC)NC(=O)CN(C)C(=O)[C@@H](Cc2ccccc2)N(C)C(=O)[C@H](C)NC(=O)[C@@H](CC(C)C)OC(=O)/C(C)=C/C[C@H](O)[C@@H]1C. The Bertz CT molecular complexity index is 1770. The second-order valence-corrected chi connectivity index (χ2v) is 17.3. The van der Waals surface area contributed by atoms with Gasteiger partial charge in [-0.05, 0) is 89.3 Å². The van der Waals surface area contributed by atoms with Gasteiger partial charge in [-0.3, -0.25) is 24.0 Å². The zero-order chi connectivity index (χ0) is 47.6. The van der Waals surface area contributed by atoms with E-state index in [1.54, 1.807) is 58.0 Å². The van der Waals surface area contributed by atoms with Crippen LogP contribution >= 0.6 is 0 Å². The fourth-order valence-corrected chi connectivity index (χ4v) is 7.17. The highest BCUT2D eigenvalue weighted by Crippen LogP contribution is 2.24. The summed E-state index contributed by atoms with van der Waals surface area (Å²) in [6.07, 6.45) is 1.86. The van der Waals surface area contributed by atoms with Crippen LogP contribution in [0.1, 0.15) is 106 Å². The first-order valence-corrected chi connectivity index (χ1v) is 22.2. The molecule has 16 heteroatoms. The number of likely N-dealkylation sites (N-methyl/N-ethyl adjacent to an activating group) is 2. The Hall–Kier alpha value is -5.09. The van der Waals surface area contributed by atoms with E-state index in [2.05, 4.69) is 16.0 Å². The quantitative estimate of drug-likeness (QED) is 0.123. The standard InChI is InChI=1S/C47H74N6O10/c1-12-29(5)40-43(57)50-35(21-17-18-24-48)47(61)63-41(30(6)13-2)32(8)37(54)23-22-31(7)46(60)62-38(25-28(3)4)42(56)49-33(9)44(58)53(11)36(26-34-19-15-14-16-20-34)45(59)52(10)27-39(55)51-40/h13-16,19-20,22,28-29,32-33,35-38,40-41,54H,12,17-18,21,23-27,48H2,1-11H3,(H,49,56)(H,50,57)(H,51,55)/b30-13+,31-22+/t29?,32-,33-,35+,36+,37-,38+,40?,41+/m0/s1. The fourth-order valence-electron chi connectivity index (χ4n) is 7.17. The number of ether oxygens (including phenoxy) is 2. The van der Waals surface area contributed by atoms with Crippen molar-refractivity contribution in [2.24, 2.45) is 23.5 Å². The van der Waals surface area contributed by atoms with E-state index in [-0.39, 0.29) is 37.2 Å². The lowest BCUT2D eigenvalue weighted by molar-refractivity contribution is -0.155. The molecule has 0 aliphatic carbocycles. The van der Waals surface area contributed by atoms with Gasteiger partial charge in [0.25, 0.3) is 5.91 Å². The molecule has 5 amide bonds. The van der Waals surface area contributed by atoms with Crippen LogP contribution in [0.5, 0.6) is 0 Å². The summed E-state index contributed by atoms with van der Waals surface area (Å²) in [5.41, 5.74) is 7.27. The maximum Gasteiger partial charge on any atom is 0.334 e. The number of cyclic esters (lactones) is 2. The number of esters is 2. The van der Waals surface area contributed by atoms with E-state index in [9.17, 15) is 38.7 Å². The number of nitrogens with two attached hydrogens (primary N) is 1. The molecule has 0 bridgehead atoms. The third-order valence-electron chi connectivity index (χ3n) is 11.7. The van der Waals surface area contributed by atoms with Gasteiger partial charge in [0.2, 0.25) is 23.6 Å². The molecule has 16 nitrogen and oxygen atoms in total. The number of aliphatic hydroxyl groups excluding tert-OH is 1. The number of nitrogens with zero attached hydrogens (tertiary/aromatic N) is 2. The predicted molar refractivity (Wildman–Crippen MR) is 240 cm³/mol. The lowest BCUT2D eigenvalue weighted by Crippen LogP contribution is -2.58. The largest absolute Gasteiger partial charge is 0.456 e. The van der Waals surface area contributed by atoms with Gasteiger partial charge >= 0.3 is 11.9 Å². The highest BCUT2D eigenvalue weighted by atomic mass is 16.6. The number of aliphatic hydroxyl groups is 1. The van der Waals surface area contributed by atoms with E-state index in [0.717, 1.165) is 5.56 Å².